The van der Waals surface area contributed by atoms with Gasteiger partial charge < -0.3 is 14.4 Å². The monoisotopic (exact) mass is 362 g/mol. The van der Waals surface area contributed by atoms with Crippen molar-refractivity contribution in [2.24, 2.45) is 0 Å². The number of sulfonamides is 1. The van der Waals surface area contributed by atoms with Gasteiger partial charge in [0.15, 0.2) is 11.5 Å². The van der Waals surface area contributed by atoms with E-state index in [0.717, 1.165) is 4.31 Å². The van der Waals surface area contributed by atoms with E-state index in [1.807, 2.05) is 0 Å². The molecule has 0 fully saturated rings. The number of para-hydroxylation sites is 2. The van der Waals surface area contributed by atoms with Gasteiger partial charge in [0.1, 0.15) is 6.54 Å². The number of anilines is 2. The van der Waals surface area contributed by atoms with E-state index in [1.54, 1.807) is 31.3 Å². The SMILES string of the molecule is COc1ccc(S(=O)(=O)N2CC(=O)N(C)c3ccccc32)cc1OC. The maximum Gasteiger partial charge on any atom is 0.265 e. The zero-order chi connectivity index (χ0) is 18.2. The highest BCUT2D eigenvalue weighted by atomic mass is 32.2. The molecule has 25 heavy (non-hydrogen) atoms. The van der Waals surface area contributed by atoms with E-state index in [0.29, 0.717) is 22.9 Å². The van der Waals surface area contributed by atoms with Crippen LogP contribution in [-0.4, -0.2) is 42.1 Å². The first-order valence-electron chi connectivity index (χ1n) is 7.50. The summed E-state index contributed by atoms with van der Waals surface area (Å²) in [5.41, 5.74) is 1.00. The fourth-order valence-corrected chi connectivity index (χ4v) is 4.17. The number of amides is 1. The normalized spacial score (nSPS) is 14.3. The van der Waals surface area contributed by atoms with Crippen LogP contribution in [0.4, 0.5) is 11.4 Å². The molecular formula is C17H18N2O5S. The van der Waals surface area contributed by atoms with Gasteiger partial charge in [-0.2, -0.15) is 0 Å². The number of hydrogen-bond acceptors (Lipinski definition) is 5. The number of carbonyl (C=O) groups excluding carboxylic acids is 1. The van der Waals surface area contributed by atoms with Crippen molar-refractivity contribution in [3.8, 4) is 11.5 Å². The summed E-state index contributed by atoms with van der Waals surface area (Å²) < 4.78 is 37.7. The molecule has 0 saturated heterocycles. The quantitative estimate of drug-likeness (QED) is 0.830. The molecule has 7 nitrogen and oxygen atoms in total. The number of nitrogens with zero attached hydrogens (tertiary/aromatic N) is 2. The molecule has 0 saturated carbocycles. The first-order valence-corrected chi connectivity index (χ1v) is 8.94. The van der Waals surface area contributed by atoms with Crippen LogP contribution in [0.15, 0.2) is 47.4 Å². The highest BCUT2D eigenvalue weighted by molar-refractivity contribution is 7.92. The Bertz CT molecular complexity index is 926. The fourth-order valence-electron chi connectivity index (χ4n) is 2.73. The Labute approximate surface area is 146 Å². The lowest BCUT2D eigenvalue weighted by Gasteiger charge is -2.34. The van der Waals surface area contributed by atoms with E-state index in [-0.39, 0.29) is 17.3 Å². The number of carbonyl (C=O) groups is 1. The summed E-state index contributed by atoms with van der Waals surface area (Å²) in [7, 11) is 0.595. The zero-order valence-corrected chi connectivity index (χ0v) is 14.9. The lowest BCUT2D eigenvalue weighted by molar-refractivity contribution is -0.117. The van der Waals surface area contributed by atoms with Gasteiger partial charge in [0.25, 0.3) is 10.0 Å². The lowest BCUT2D eigenvalue weighted by Crippen LogP contribution is -2.46. The molecule has 0 aromatic heterocycles. The minimum Gasteiger partial charge on any atom is -0.493 e. The molecule has 0 N–H and O–H groups in total. The van der Waals surface area contributed by atoms with Crippen LogP contribution in [0.25, 0.3) is 0 Å². The zero-order valence-electron chi connectivity index (χ0n) is 14.1. The standard InChI is InChI=1S/C17H18N2O5S/c1-18-13-6-4-5-7-14(13)19(11-17(18)20)25(21,22)12-8-9-15(23-2)16(10-12)24-3/h4-10H,11H2,1-3H3. The van der Waals surface area contributed by atoms with Crippen LogP contribution in [0.5, 0.6) is 11.5 Å². The Hall–Kier alpha value is -2.74. The summed E-state index contributed by atoms with van der Waals surface area (Å²) in [6.45, 7) is -0.260. The van der Waals surface area contributed by atoms with Gasteiger partial charge in [-0.3, -0.25) is 9.10 Å². The summed E-state index contributed by atoms with van der Waals surface area (Å²) in [5, 5.41) is 0. The molecule has 1 heterocycles. The molecule has 0 spiro atoms. The molecular weight excluding hydrogens is 344 g/mol. The van der Waals surface area contributed by atoms with Crippen LogP contribution in [-0.2, 0) is 14.8 Å². The third-order valence-corrected chi connectivity index (χ3v) is 5.86. The van der Waals surface area contributed by atoms with Gasteiger partial charge in [-0.15, -0.1) is 0 Å². The lowest BCUT2D eigenvalue weighted by atomic mass is 10.2. The van der Waals surface area contributed by atoms with Crippen molar-refractivity contribution in [2.75, 3.05) is 37.0 Å². The molecule has 0 radical (unpaired) electrons. The van der Waals surface area contributed by atoms with Crippen molar-refractivity contribution in [1.29, 1.82) is 0 Å². The fraction of sp³-hybridized carbons (Fsp3) is 0.235. The molecule has 2 aromatic carbocycles. The number of methoxy groups -OCH3 is 2. The number of rotatable bonds is 4. The average Bonchev–Trinajstić information content (AvgIpc) is 2.63. The third-order valence-electron chi connectivity index (χ3n) is 4.11. The van der Waals surface area contributed by atoms with Gasteiger partial charge in [-0.1, -0.05) is 12.1 Å². The van der Waals surface area contributed by atoms with E-state index in [9.17, 15) is 13.2 Å². The van der Waals surface area contributed by atoms with Gasteiger partial charge in [-0.25, -0.2) is 8.42 Å². The minimum absolute atomic E-state index is 0.0253. The molecule has 132 valence electrons. The van der Waals surface area contributed by atoms with Crippen LogP contribution in [0.1, 0.15) is 0 Å². The van der Waals surface area contributed by atoms with E-state index >= 15 is 0 Å². The van der Waals surface area contributed by atoms with Crippen molar-refractivity contribution < 1.29 is 22.7 Å². The summed E-state index contributed by atoms with van der Waals surface area (Å²) in [4.78, 5) is 13.7. The molecule has 1 aliphatic rings. The van der Waals surface area contributed by atoms with E-state index in [2.05, 4.69) is 0 Å². The van der Waals surface area contributed by atoms with Gasteiger partial charge in [-0.05, 0) is 24.3 Å². The van der Waals surface area contributed by atoms with Crippen molar-refractivity contribution in [3.05, 3.63) is 42.5 Å². The van der Waals surface area contributed by atoms with E-state index < -0.39 is 10.0 Å². The number of hydrogen-bond donors (Lipinski definition) is 0. The number of benzene rings is 2. The van der Waals surface area contributed by atoms with Crippen LogP contribution in [0, 0.1) is 0 Å². The largest absolute Gasteiger partial charge is 0.493 e. The first kappa shape index (κ1) is 17.1. The molecule has 1 aliphatic heterocycles. The molecule has 0 aliphatic carbocycles. The van der Waals surface area contributed by atoms with Gasteiger partial charge in [0.05, 0.1) is 30.5 Å². The van der Waals surface area contributed by atoms with Crippen molar-refractivity contribution >= 4 is 27.3 Å². The topological polar surface area (TPSA) is 76.2 Å². The highest BCUT2D eigenvalue weighted by Gasteiger charge is 2.35. The van der Waals surface area contributed by atoms with Crippen molar-refractivity contribution in [3.63, 3.8) is 0 Å². The molecule has 0 atom stereocenters. The molecule has 0 bridgehead atoms. The summed E-state index contributed by atoms with van der Waals surface area (Å²) >= 11 is 0. The Kier molecular flexibility index (Phi) is 4.30. The maximum atomic E-state index is 13.1. The second-order valence-corrected chi connectivity index (χ2v) is 7.33. The second-order valence-electron chi connectivity index (χ2n) is 5.47. The predicted molar refractivity (Wildman–Crippen MR) is 93.9 cm³/mol. The van der Waals surface area contributed by atoms with Gasteiger partial charge >= 0.3 is 0 Å². The summed E-state index contributed by atoms with van der Waals surface area (Å²) in [6, 6.07) is 11.2. The smallest absolute Gasteiger partial charge is 0.265 e. The third kappa shape index (κ3) is 2.78. The van der Waals surface area contributed by atoms with Crippen LogP contribution in [0.2, 0.25) is 0 Å². The molecule has 8 heteroatoms. The van der Waals surface area contributed by atoms with Crippen molar-refractivity contribution in [2.45, 2.75) is 4.90 Å². The van der Waals surface area contributed by atoms with Crippen LogP contribution >= 0.6 is 0 Å². The average molecular weight is 362 g/mol. The molecule has 0 unspecified atom stereocenters. The Morgan fingerprint density at radius 1 is 0.960 bits per heavy atom. The Morgan fingerprint density at radius 2 is 1.60 bits per heavy atom. The van der Waals surface area contributed by atoms with Crippen molar-refractivity contribution in [1.82, 2.24) is 0 Å². The molecule has 1 amide bonds. The first-order chi connectivity index (χ1) is 11.9. The van der Waals surface area contributed by atoms with Crippen LogP contribution < -0.4 is 18.7 Å². The van der Waals surface area contributed by atoms with Crippen LogP contribution in [0.3, 0.4) is 0 Å². The second kappa shape index (κ2) is 6.29. The molecule has 3 rings (SSSR count). The Balaban J connectivity index is 2.12. The molecule has 2 aromatic rings. The Morgan fingerprint density at radius 3 is 2.24 bits per heavy atom. The number of likely N-dealkylation sites (N-methyl/N-ethyl adjacent to an activating group) is 1. The van der Waals surface area contributed by atoms with E-state index in [4.69, 9.17) is 9.47 Å². The number of ether oxygens (including phenoxy) is 2. The predicted octanol–water partition coefficient (Wildman–Crippen LogP) is 1.88. The van der Waals surface area contributed by atoms with Gasteiger partial charge in [0.2, 0.25) is 5.91 Å². The minimum atomic E-state index is -3.94. The van der Waals surface area contributed by atoms with E-state index in [1.165, 1.54) is 37.3 Å². The van der Waals surface area contributed by atoms with Gasteiger partial charge in [0, 0.05) is 13.1 Å². The maximum absolute atomic E-state index is 13.1. The number of fused-ring (bicyclic) bond motifs is 1. The summed E-state index contributed by atoms with van der Waals surface area (Å²) in [5.74, 6) is 0.427. The highest BCUT2D eigenvalue weighted by Crippen LogP contribution is 2.37. The summed E-state index contributed by atoms with van der Waals surface area (Å²) in [6.07, 6.45) is 0.